The van der Waals surface area contributed by atoms with E-state index in [0.717, 1.165) is 6.54 Å². The molecule has 2 rings (SSSR count). The number of thiophene rings is 2. The van der Waals surface area contributed by atoms with Crippen molar-refractivity contribution in [3.8, 4) is 0 Å². The van der Waals surface area contributed by atoms with Crippen molar-refractivity contribution in [3.05, 3.63) is 40.7 Å². The van der Waals surface area contributed by atoms with Crippen LogP contribution in [0.5, 0.6) is 0 Å². The molecule has 0 aliphatic rings. The molecular weight excluding hydrogens is 417 g/mol. The van der Waals surface area contributed by atoms with Gasteiger partial charge in [0.1, 0.15) is 0 Å². The molecule has 2 aromatic heterocycles. The van der Waals surface area contributed by atoms with Crippen molar-refractivity contribution in [2.45, 2.75) is 13.0 Å². The average molecular weight is 428 g/mol. The van der Waals surface area contributed by atoms with Gasteiger partial charge in [-0.3, -0.25) is 0 Å². The first-order valence-corrected chi connectivity index (χ1v) is 8.50. The van der Waals surface area contributed by atoms with Crippen molar-refractivity contribution >= 4 is 61.2 Å². The summed E-state index contributed by atoms with van der Waals surface area (Å²) < 4.78 is 2.53. The van der Waals surface area contributed by atoms with Gasteiger partial charge in [-0.25, -0.2) is 0 Å². The lowest BCUT2D eigenvalue weighted by Gasteiger charge is -2.14. The summed E-state index contributed by atoms with van der Waals surface area (Å²) in [5.41, 5.74) is 1.37. The molecule has 16 heavy (non-hydrogen) atoms. The Kier molecular flexibility index (Phi) is 4.84. The SMILES string of the molecule is CCNC(c1csc(I)c1)c1ccc(Br)s1. The van der Waals surface area contributed by atoms with Crippen LogP contribution in [0.1, 0.15) is 23.4 Å². The van der Waals surface area contributed by atoms with Crippen LogP contribution in [0, 0.1) is 2.88 Å². The molecule has 0 radical (unpaired) electrons. The molecule has 2 heterocycles. The first-order chi connectivity index (χ1) is 7.70. The normalized spacial score (nSPS) is 12.9. The Morgan fingerprint density at radius 3 is 2.81 bits per heavy atom. The van der Waals surface area contributed by atoms with E-state index < -0.39 is 0 Å². The van der Waals surface area contributed by atoms with Gasteiger partial charge in [0, 0.05) is 4.88 Å². The van der Waals surface area contributed by atoms with Crippen molar-refractivity contribution < 1.29 is 0 Å². The molecule has 0 aromatic carbocycles. The predicted octanol–water partition coefficient (Wildman–Crippen LogP) is 4.88. The number of hydrogen-bond donors (Lipinski definition) is 1. The molecule has 0 amide bonds. The predicted molar refractivity (Wildman–Crippen MR) is 84.6 cm³/mol. The van der Waals surface area contributed by atoms with Gasteiger partial charge in [-0.05, 0) is 74.2 Å². The molecule has 1 atom stereocenters. The first-order valence-electron chi connectivity index (χ1n) is 4.93. The first kappa shape index (κ1) is 13.0. The third kappa shape index (κ3) is 3.07. The van der Waals surface area contributed by atoms with Gasteiger partial charge in [-0.2, -0.15) is 0 Å². The molecule has 0 saturated carbocycles. The quantitative estimate of drug-likeness (QED) is 0.686. The van der Waals surface area contributed by atoms with E-state index in [0.29, 0.717) is 6.04 Å². The molecule has 0 bridgehead atoms. The molecule has 0 spiro atoms. The summed E-state index contributed by atoms with van der Waals surface area (Å²) in [4.78, 5) is 1.36. The van der Waals surface area contributed by atoms with Gasteiger partial charge in [0.2, 0.25) is 0 Å². The maximum Gasteiger partial charge on any atom is 0.0702 e. The van der Waals surface area contributed by atoms with Gasteiger partial charge in [0.25, 0.3) is 0 Å². The topological polar surface area (TPSA) is 12.0 Å². The summed E-state index contributed by atoms with van der Waals surface area (Å²) in [6.45, 7) is 3.12. The van der Waals surface area contributed by atoms with Crippen LogP contribution in [0.3, 0.4) is 0 Å². The van der Waals surface area contributed by atoms with Gasteiger partial charge in [0.05, 0.1) is 12.7 Å². The minimum Gasteiger partial charge on any atom is -0.306 e. The Labute approximate surface area is 126 Å². The van der Waals surface area contributed by atoms with Crippen LogP contribution in [-0.2, 0) is 0 Å². The fraction of sp³-hybridized carbons (Fsp3) is 0.273. The summed E-state index contributed by atoms with van der Waals surface area (Å²) in [6.07, 6.45) is 0. The van der Waals surface area contributed by atoms with Crippen LogP contribution < -0.4 is 5.32 Å². The van der Waals surface area contributed by atoms with E-state index in [1.807, 2.05) is 0 Å². The zero-order chi connectivity index (χ0) is 11.5. The van der Waals surface area contributed by atoms with E-state index in [9.17, 15) is 0 Å². The van der Waals surface area contributed by atoms with Crippen molar-refractivity contribution in [1.82, 2.24) is 5.32 Å². The third-order valence-electron chi connectivity index (χ3n) is 2.21. The van der Waals surface area contributed by atoms with Crippen molar-refractivity contribution in [2.24, 2.45) is 0 Å². The van der Waals surface area contributed by atoms with E-state index in [4.69, 9.17) is 0 Å². The molecule has 0 fully saturated rings. The lowest BCUT2D eigenvalue weighted by Crippen LogP contribution is -2.20. The van der Waals surface area contributed by atoms with Crippen LogP contribution in [0.25, 0.3) is 0 Å². The molecule has 5 heteroatoms. The molecule has 0 aliphatic heterocycles. The minimum atomic E-state index is 0.334. The maximum absolute atomic E-state index is 3.53. The second kappa shape index (κ2) is 5.95. The zero-order valence-corrected chi connectivity index (χ0v) is 14.0. The van der Waals surface area contributed by atoms with Crippen LogP contribution in [0.2, 0.25) is 0 Å². The Balaban J connectivity index is 2.30. The number of rotatable bonds is 4. The van der Waals surface area contributed by atoms with Crippen LogP contribution >= 0.6 is 61.2 Å². The highest BCUT2D eigenvalue weighted by molar-refractivity contribution is 14.1. The van der Waals surface area contributed by atoms with E-state index in [1.54, 1.807) is 22.7 Å². The Morgan fingerprint density at radius 2 is 2.31 bits per heavy atom. The average Bonchev–Trinajstić information content (AvgIpc) is 2.84. The van der Waals surface area contributed by atoms with Gasteiger partial charge in [0.15, 0.2) is 0 Å². The number of hydrogen-bond acceptors (Lipinski definition) is 3. The molecule has 1 unspecified atom stereocenters. The van der Waals surface area contributed by atoms with Gasteiger partial charge in [-0.1, -0.05) is 6.92 Å². The van der Waals surface area contributed by atoms with Crippen LogP contribution in [-0.4, -0.2) is 6.54 Å². The molecule has 2 aromatic rings. The van der Waals surface area contributed by atoms with E-state index in [-0.39, 0.29) is 0 Å². The smallest absolute Gasteiger partial charge is 0.0702 e. The Morgan fingerprint density at radius 1 is 1.50 bits per heavy atom. The zero-order valence-electron chi connectivity index (χ0n) is 8.67. The summed E-state index contributed by atoms with van der Waals surface area (Å²) in [7, 11) is 0. The van der Waals surface area contributed by atoms with Crippen molar-refractivity contribution in [2.75, 3.05) is 6.54 Å². The lowest BCUT2D eigenvalue weighted by molar-refractivity contribution is 0.641. The van der Waals surface area contributed by atoms with E-state index in [2.05, 4.69) is 74.3 Å². The van der Waals surface area contributed by atoms with Crippen LogP contribution in [0.4, 0.5) is 0 Å². The standard InChI is InChI=1S/C11H11BrINS2/c1-2-14-11(7-5-10(13)15-6-7)8-3-4-9(12)16-8/h3-6,11,14H,2H2,1H3. The highest BCUT2D eigenvalue weighted by Crippen LogP contribution is 2.33. The van der Waals surface area contributed by atoms with E-state index in [1.165, 1.54) is 17.1 Å². The van der Waals surface area contributed by atoms with Gasteiger partial charge in [-0.15, -0.1) is 22.7 Å². The fourth-order valence-corrected chi connectivity index (χ4v) is 4.47. The van der Waals surface area contributed by atoms with Crippen molar-refractivity contribution in [3.63, 3.8) is 0 Å². The second-order valence-electron chi connectivity index (χ2n) is 3.32. The molecule has 1 N–H and O–H groups in total. The summed E-state index contributed by atoms with van der Waals surface area (Å²) in [6, 6.07) is 6.89. The van der Waals surface area contributed by atoms with Gasteiger partial charge >= 0.3 is 0 Å². The molecule has 0 aliphatic carbocycles. The lowest BCUT2D eigenvalue weighted by atomic mass is 10.1. The number of halogens is 2. The summed E-state index contributed by atoms with van der Waals surface area (Å²) in [5, 5.41) is 5.77. The largest absolute Gasteiger partial charge is 0.306 e. The highest BCUT2D eigenvalue weighted by Gasteiger charge is 2.16. The molecule has 0 saturated heterocycles. The van der Waals surface area contributed by atoms with Crippen molar-refractivity contribution in [1.29, 1.82) is 0 Å². The minimum absolute atomic E-state index is 0.334. The number of nitrogens with one attached hydrogen (secondary N) is 1. The molecular formula is C11H11BrINS2. The van der Waals surface area contributed by atoms with Crippen LogP contribution in [0.15, 0.2) is 27.4 Å². The Bertz CT molecular complexity index is 426. The molecule has 86 valence electrons. The summed E-state index contributed by atoms with van der Waals surface area (Å²) in [5.74, 6) is 0. The fourth-order valence-electron chi connectivity index (χ4n) is 1.55. The molecule has 1 nitrogen and oxygen atoms in total. The Hall–Kier alpha value is 0.570. The second-order valence-corrected chi connectivity index (χ2v) is 8.62. The third-order valence-corrected chi connectivity index (χ3v) is 5.70. The maximum atomic E-state index is 3.53. The monoisotopic (exact) mass is 427 g/mol. The summed E-state index contributed by atoms with van der Waals surface area (Å²) >= 11 is 9.49. The van der Waals surface area contributed by atoms with E-state index >= 15 is 0 Å². The van der Waals surface area contributed by atoms with Gasteiger partial charge < -0.3 is 5.32 Å². The highest BCUT2D eigenvalue weighted by atomic mass is 127.